The number of rotatable bonds is 7. The minimum Gasteiger partial charge on any atom is -0.496 e. The van der Waals surface area contributed by atoms with E-state index in [0.29, 0.717) is 49.1 Å². The summed E-state index contributed by atoms with van der Waals surface area (Å²) in [6, 6.07) is 15.0. The van der Waals surface area contributed by atoms with E-state index in [4.69, 9.17) is 9.47 Å². The first kappa shape index (κ1) is 24.7. The second-order valence-electron chi connectivity index (χ2n) is 8.04. The number of sulfone groups is 1. The molecule has 37 heavy (non-hydrogen) atoms. The third-order valence-electron chi connectivity index (χ3n) is 5.68. The lowest BCUT2D eigenvalue weighted by molar-refractivity contribution is 0.407. The monoisotopic (exact) mass is 539 g/mol. The van der Waals surface area contributed by atoms with Crippen molar-refractivity contribution in [1.82, 2.24) is 15.2 Å². The summed E-state index contributed by atoms with van der Waals surface area (Å²) in [6.07, 6.45) is 1.58. The third kappa shape index (κ3) is 5.00. The number of halogens is 2. The molecule has 5 aromatic rings. The lowest BCUT2D eigenvalue weighted by atomic mass is 9.99. The van der Waals surface area contributed by atoms with Gasteiger partial charge in [0, 0.05) is 23.2 Å². The van der Waals surface area contributed by atoms with Crippen molar-refractivity contribution in [3.8, 4) is 33.3 Å². The fourth-order valence-corrected chi connectivity index (χ4v) is 6.26. The Balaban J connectivity index is 1.53. The molecule has 0 N–H and O–H groups in total. The topological polar surface area (TPSA) is 91.3 Å². The molecule has 7 nitrogen and oxygen atoms in total. The van der Waals surface area contributed by atoms with Gasteiger partial charge < -0.3 is 9.47 Å². The average molecular weight is 540 g/mol. The van der Waals surface area contributed by atoms with Crippen LogP contribution in [0.4, 0.5) is 8.78 Å². The summed E-state index contributed by atoms with van der Waals surface area (Å²) in [6.45, 7) is 0. The SMILES string of the molecule is COc1nnc(CS(=O)(=O)c2ccc3c(-c4ccc(-c5cc(F)cc(F)c5)cc4OC)nccc3c2)s1. The van der Waals surface area contributed by atoms with Gasteiger partial charge in [0.25, 0.3) is 5.19 Å². The first-order valence-corrected chi connectivity index (χ1v) is 13.4. The van der Waals surface area contributed by atoms with Gasteiger partial charge in [0.15, 0.2) is 9.84 Å². The maximum Gasteiger partial charge on any atom is 0.293 e. The molecule has 0 spiro atoms. The van der Waals surface area contributed by atoms with Crippen LogP contribution in [0.25, 0.3) is 33.2 Å². The molecule has 0 aliphatic rings. The predicted octanol–water partition coefficient (Wildman–Crippen LogP) is 5.69. The molecule has 188 valence electrons. The number of nitrogens with zero attached hydrogens (tertiary/aromatic N) is 3. The van der Waals surface area contributed by atoms with Gasteiger partial charge in [-0.05, 0) is 59.0 Å². The molecule has 2 aromatic heterocycles. The van der Waals surface area contributed by atoms with E-state index in [1.165, 1.54) is 32.4 Å². The van der Waals surface area contributed by atoms with Crippen molar-refractivity contribution in [2.75, 3.05) is 14.2 Å². The van der Waals surface area contributed by atoms with E-state index in [0.717, 1.165) is 17.4 Å². The molecule has 0 amide bonds. The Morgan fingerprint density at radius 2 is 1.65 bits per heavy atom. The quantitative estimate of drug-likeness (QED) is 0.262. The zero-order valence-electron chi connectivity index (χ0n) is 19.6. The number of hydrogen-bond acceptors (Lipinski definition) is 8. The van der Waals surface area contributed by atoms with Crippen LogP contribution in [0.2, 0.25) is 0 Å². The molecule has 5 rings (SSSR count). The molecule has 0 aliphatic carbocycles. The Bertz CT molecular complexity index is 1720. The third-order valence-corrected chi connectivity index (χ3v) is 8.38. The highest BCUT2D eigenvalue weighted by Crippen LogP contribution is 2.37. The van der Waals surface area contributed by atoms with Gasteiger partial charge >= 0.3 is 0 Å². The van der Waals surface area contributed by atoms with Crippen LogP contribution in [0.3, 0.4) is 0 Å². The van der Waals surface area contributed by atoms with Crippen molar-refractivity contribution in [2.24, 2.45) is 0 Å². The van der Waals surface area contributed by atoms with E-state index in [1.807, 2.05) is 0 Å². The van der Waals surface area contributed by atoms with Crippen molar-refractivity contribution in [3.05, 3.63) is 83.5 Å². The zero-order chi connectivity index (χ0) is 26.2. The number of ether oxygens (including phenoxy) is 2. The standard InChI is InChI=1S/C26H19F2N3O4S2/c1-34-23-12-15(17-9-18(27)13-19(28)10-17)3-5-22(23)25-21-6-4-20(11-16(21)7-8-29-25)37(32,33)14-24-30-31-26(35-2)36-24/h3-13H,14H2,1-2H3. The van der Waals surface area contributed by atoms with Crippen LogP contribution in [-0.4, -0.2) is 37.8 Å². The summed E-state index contributed by atoms with van der Waals surface area (Å²) >= 11 is 1.07. The van der Waals surface area contributed by atoms with E-state index < -0.39 is 21.5 Å². The molecule has 0 bridgehead atoms. The minimum absolute atomic E-state index is 0.141. The van der Waals surface area contributed by atoms with E-state index in [9.17, 15) is 17.2 Å². The number of aromatic nitrogens is 3. The normalized spacial score (nSPS) is 11.6. The Morgan fingerprint density at radius 3 is 2.35 bits per heavy atom. The molecule has 0 fully saturated rings. The van der Waals surface area contributed by atoms with Crippen molar-refractivity contribution >= 4 is 31.9 Å². The van der Waals surface area contributed by atoms with Gasteiger partial charge in [0.2, 0.25) is 0 Å². The van der Waals surface area contributed by atoms with Crippen LogP contribution in [0.1, 0.15) is 5.01 Å². The highest BCUT2D eigenvalue weighted by molar-refractivity contribution is 7.90. The van der Waals surface area contributed by atoms with Crippen LogP contribution in [0.15, 0.2) is 71.8 Å². The van der Waals surface area contributed by atoms with Crippen LogP contribution in [0, 0.1) is 11.6 Å². The molecule has 0 saturated heterocycles. The van der Waals surface area contributed by atoms with Gasteiger partial charge in [0.1, 0.15) is 28.1 Å². The smallest absolute Gasteiger partial charge is 0.293 e. The first-order valence-electron chi connectivity index (χ1n) is 10.9. The second-order valence-corrected chi connectivity index (χ2v) is 11.1. The molecule has 0 aliphatic heterocycles. The highest BCUT2D eigenvalue weighted by atomic mass is 32.2. The number of methoxy groups -OCH3 is 2. The van der Waals surface area contributed by atoms with Crippen molar-refractivity contribution in [2.45, 2.75) is 10.6 Å². The Labute approximate surface area is 215 Å². The Kier molecular flexibility index (Phi) is 6.57. The zero-order valence-corrected chi connectivity index (χ0v) is 21.2. The van der Waals surface area contributed by atoms with E-state index in [1.54, 1.807) is 42.6 Å². The maximum absolute atomic E-state index is 13.7. The van der Waals surface area contributed by atoms with Gasteiger partial charge in [0.05, 0.1) is 24.8 Å². The summed E-state index contributed by atoms with van der Waals surface area (Å²) in [5, 5.41) is 9.65. The predicted molar refractivity (Wildman–Crippen MR) is 136 cm³/mol. The molecule has 11 heteroatoms. The lowest BCUT2D eigenvalue weighted by Crippen LogP contribution is -2.05. The lowest BCUT2D eigenvalue weighted by Gasteiger charge is -2.13. The van der Waals surface area contributed by atoms with Gasteiger partial charge in [-0.1, -0.05) is 23.5 Å². The van der Waals surface area contributed by atoms with E-state index in [2.05, 4.69) is 15.2 Å². The van der Waals surface area contributed by atoms with Crippen LogP contribution >= 0.6 is 11.3 Å². The maximum atomic E-state index is 13.7. The first-order chi connectivity index (χ1) is 17.8. The van der Waals surface area contributed by atoms with Crippen molar-refractivity contribution < 1.29 is 26.7 Å². The number of hydrogen-bond donors (Lipinski definition) is 0. The van der Waals surface area contributed by atoms with Gasteiger partial charge in [-0.15, -0.1) is 10.2 Å². The van der Waals surface area contributed by atoms with E-state index >= 15 is 0 Å². The molecule has 0 unspecified atom stereocenters. The van der Waals surface area contributed by atoms with Crippen LogP contribution in [0.5, 0.6) is 10.9 Å². The second kappa shape index (κ2) is 9.83. The number of benzene rings is 3. The fraction of sp³-hybridized carbons (Fsp3) is 0.115. The molecule has 3 aromatic carbocycles. The van der Waals surface area contributed by atoms with Crippen molar-refractivity contribution in [3.63, 3.8) is 0 Å². The molecule has 0 saturated carbocycles. The average Bonchev–Trinajstić information content (AvgIpc) is 3.34. The molecule has 0 radical (unpaired) electrons. The van der Waals surface area contributed by atoms with Crippen LogP contribution < -0.4 is 9.47 Å². The van der Waals surface area contributed by atoms with Crippen molar-refractivity contribution in [1.29, 1.82) is 0 Å². The summed E-state index contributed by atoms with van der Waals surface area (Å²) in [5.74, 6) is -1.20. The molecular weight excluding hydrogens is 520 g/mol. The van der Waals surface area contributed by atoms with Gasteiger partial charge in [-0.3, -0.25) is 4.98 Å². The summed E-state index contributed by atoms with van der Waals surface area (Å²) in [4.78, 5) is 4.65. The molecule has 2 heterocycles. The highest BCUT2D eigenvalue weighted by Gasteiger charge is 2.20. The summed E-state index contributed by atoms with van der Waals surface area (Å²) in [5.41, 5.74) is 2.16. The number of fused-ring (bicyclic) bond motifs is 1. The fourth-order valence-electron chi connectivity index (χ4n) is 3.98. The Morgan fingerprint density at radius 1 is 0.865 bits per heavy atom. The molecule has 0 atom stereocenters. The molecular formula is C26H19F2N3O4S2. The van der Waals surface area contributed by atoms with E-state index in [-0.39, 0.29) is 10.6 Å². The number of pyridine rings is 1. The summed E-state index contributed by atoms with van der Waals surface area (Å²) in [7, 11) is -0.752. The largest absolute Gasteiger partial charge is 0.496 e. The summed E-state index contributed by atoms with van der Waals surface area (Å²) < 4.78 is 64.1. The van der Waals surface area contributed by atoms with Crippen LogP contribution in [-0.2, 0) is 15.6 Å². The van der Waals surface area contributed by atoms with Gasteiger partial charge in [-0.2, -0.15) is 0 Å². The Hall–Kier alpha value is -3.96. The van der Waals surface area contributed by atoms with Gasteiger partial charge in [-0.25, -0.2) is 17.2 Å². The minimum atomic E-state index is -3.69.